The molecule has 0 aliphatic heterocycles. The Morgan fingerprint density at radius 2 is 1.90 bits per heavy atom. The summed E-state index contributed by atoms with van der Waals surface area (Å²) in [7, 11) is 0. The van der Waals surface area contributed by atoms with E-state index in [0.29, 0.717) is 5.56 Å². The summed E-state index contributed by atoms with van der Waals surface area (Å²) in [6, 6.07) is 5.39. The molecule has 2 rings (SSSR count). The van der Waals surface area contributed by atoms with Gasteiger partial charge in [0.25, 0.3) is 5.91 Å². The number of nitrogens with one attached hydrogen (secondary N) is 1. The van der Waals surface area contributed by atoms with Crippen molar-refractivity contribution in [2.75, 3.05) is 5.32 Å². The second-order valence-electron chi connectivity index (χ2n) is 4.32. The van der Waals surface area contributed by atoms with Crippen LogP contribution in [0.4, 0.5) is 9.39 Å². The van der Waals surface area contributed by atoms with Gasteiger partial charge in [0.15, 0.2) is 0 Å². The Balaban J connectivity index is 2.32. The van der Waals surface area contributed by atoms with Crippen molar-refractivity contribution < 1.29 is 19.1 Å². The topological polar surface area (TPSA) is 66.4 Å². The molecule has 0 fully saturated rings. The highest BCUT2D eigenvalue weighted by atomic mass is 32.1. The highest BCUT2D eigenvalue weighted by molar-refractivity contribution is 7.16. The number of aromatic carboxylic acids is 1. The number of carboxylic acid groups (broad SMARTS) is 1. The van der Waals surface area contributed by atoms with Crippen LogP contribution in [0.5, 0.6) is 0 Å². The minimum Gasteiger partial charge on any atom is -0.478 e. The van der Waals surface area contributed by atoms with Gasteiger partial charge in [0, 0.05) is 10.4 Å². The van der Waals surface area contributed by atoms with Crippen molar-refractivity contribution >= 4 is 28.2 Å². The minimum atomic E-state index is -1.11. The molecule has 0 aliphatic rings. The number of halogens is 1. The van der Waals surface area contributed by atoms with Gasteiger partial charge in [-0.2, -0.15) is 0 Å². The Morgan fingerprint density at radius 3 is 2.55 bits per heavy atom. The molecule has 2 N–H and O–H groups in total. The second-order valence-corrected chi connectivity index (χ2v) is 5.57. The van der Waals surface area contributed by atoms with E-state index in [1.54, 1.807) is 13.8 Å². The van der Waals surface area contributed by atoms with Gasteiger partial charge < -0.3 is 10.4 Å². The normalized spacial score (nSPS) is 10.3. The number of hydrogen-bond acceptors (Lipinski definition) is 3. The summed E-state index contributed by atoms with van der Waals surface area (Å²) >= 11 is 1.17. The zero-order valence-electron chi connectivity index (χ0n) is 10.9. The van der Waals surface area contributed by atoms with Crippen molar-refractivity contribution in [2.45, 2.75) is 13.8 Å². The quantitative estimate of drug-likeness (QED) is 0.910. The van der Waals surface area contributed by atoms with Crippen molar-refractivity contribution in [1.29, 1.82) is 0 Å². The van der Waals surface area contributed by atoms with Crippen LogP contribution in [0.1, 0.15) is 31.2 Å². The zero-order chi connectivity index (χ0) is 14.9. The fourth-order valence-electron chi connectivity index (χ4n) is 1.78. The first-order valence-corrected chi connectivity index (χ1v) is 6.61. The van der Waals surface area contributed by atoms with E-state index in [2.05, 4.69) is 5.32 Å². The Morgan fingerprint density at radius 1 is 1.20 bits per heavy atom. The van der Waals surface area contributed by atoms with E-state index in [1.165, 1.54) is 29.5 Å². The molecule has 1 aromatic heterocycles. The Kier molecular flexibility index (Phi) is 3.85. The van der Waals surface area contributed by atoms with Crippen LogP contribution in [0.2, 0.25) is 0 Å². The number of rotatable bonds is 3. The maximum Gasteiger partial charge on any atom is 0.338 e. The molecule has 1 heterocycles. The van der Waals surface area contributed by atoms with Crippen LogP contribution in [0.3, 0.4) is 0 Å². The molecule has 6 heteroatoms. The van der Waals surface area contributed by atoms with Gasteiger partial charge >= 0.3 is 5.97 Å². The first kappa shape index (κ1) is 14.2. The Bertz CT molecular complexity index is 694. The first-order valence-electron chi connectivity index (χ1n) is 5.79. The first-order chi connectivity index (χ1) is 9.38. The van der Waals surface area contributed by atoms with Crippen molar-refractivity contribution in [2.24, 2.45) is 0 Å². The smallest absolute Gasteiger partial charge is 0.338 e. The summed E-state index contributed by atoms with van der Waals surface area (Å²) < 4.78 is 13.2. The maximum absolute atomic E-state index is 13.2. The molecule has 0 atom stereocenters. The largest absolute Gasteiger partial charge is 0.478 e. The van der Waals surface area contributed by atoms with Gasteiger partial charge in [-0.3, -0.25) is 4.79 Å². The lowest BCUT2D eigenvalue weighted by atomic mass is 10.1. The number of aryl methyl sites for hydroxylation is 2. The van der Waals surface area contributed by atoms with Crippen LogP contribution in [-0.2, 0) is 0 Å². The highest BCUT2D eigenvalue weighted by Gasteiger charge is 2.18. The summed E-state index contributed by atoms with van der Waals surface area (Å²) in [6.45, 7) is 3.44. The third-order valence-corrected chi connectivity index (χ3v) is 3.72. The molecular weight excluding hydrogens is 281 g/mol. The zero-order valence-corrected chi connectivity index (χ0v) is 11.7. The predicted molar refractivity (Wildman–Crippen MR) is 75.1 cm³/mol. The molecule has 0 spiro atoms. The third kappa shape index (κ3) is 2.85. The van der Waals surface area contributed by atoms with E-state index in [1.807, 2.05) is 0 Å². The van der Waals surface area contributed by atoms with Crippen LogP contribution in [0.25, 0.3) is 0 Å². The van der Waals surface area contributed by atoms with Gasteiger partial charge in [0.05, 0.1) is 5.56 Å². The number of hydrogen-bond donors (Lipinski definition) is 2. The van der Waals surface area contributed by atoms with Gasteiger partial charge in [-0.05, 0) is 37.6 Å². The van der Waals surface area contributed by atoms with Gasteiger partial charge in [0.1, 0.15) is 10.8 Å². The van der Waals surface area contributed by atoms with Gasteiger partial charge in [-0.1, -0.05) is 6.07 Å². The van der Waals surface area contributed by atoms with Crippen LogP contribution < -0.4 is 5.32 Å². The van der Waals surface area contributed by atoms with Crippen LogP contribution in [0.15, 0.2) is 24.3 Å². The fourth-order valence-corrected chi connectivity index (χ4v) is 2.67. The summed E-state index contributed by atoms with van der Waals surface area (Å²) in [5.74, 6) is -2.14. The molecule has 0 saturated carbocycles. The molecule has 0 radical (unpaired) electrons. The van der Waals surface area contributed by atoms with Crippen LogP contribution >= 0.6 is 11.3 Å². The van der Waals surface area contributed by atoms with Crippen molar-refractivity contribution in [1.82, 2.24) is 0 Å². The Labute approximate surface area is 118 Å². The van der Waals surface area contributed by atoms with Crippen molar-refractivity contribution in [3.05, 3.63) is 51.7 Å². The number of carboxylic acids is 1. The number of benzene rings is 1. The molecule has 4 nitrogen and oxygen atoms in total. The number of amides is 1. The monoisotopic (exact) mass is 293 g/mol. The van der Waals surface area contributed by atoms with Crippen molar-refractivity contribution in [3.8, 4) is 0 Å². The summed E-state index contributed by atoms with van der Waals surface area (Å²) in [6.07, 6.45) is 0. The lowest BCUT2D eigenvalue weighted by Crippen LogP contribution is -2.14. The van der Waals surface area contributed by atoms with E-state index < -0.39 is 17.7 Å². The fraction of sp³-hybridized carbons (Fsp3) is 0.143. The van der Waals surface area contributed by atoms with E-state index in [-0.39, 0.29) is 16.1 Å². The molecule has 0 bridgehead atoms. The number of carbonyl (C=O) groups is 2. The van der Waals surface area contributed by atoms with Gasteiger partial charge in [-0.15, -0.1) is 11.3 Å². The van der Waals surface area contributed by atoms with E-state index in [9.17, 15) is 14.0 Å². The highest BCUT2D eigenvalue weighted by Crippen LogP contribution is 2.28. The van der Waals surface area contributed by atoms with Gasteiger partial charge in [0.2, 0.25) is 0 Å². The SMILES string of the molecule is Cc1cc(C(=O)O)c(NC(=O)c2cc(F)ccc2C)s1. The Hall–Kier alpha value is -2.21. The van der Waals surface area contributed by atoms with Gasteiger partial charge in [-0.25, -0.2) is 9.18 Å². The molecule has 0 aliphatic carbocycles. The summed E-state index contributed by atoms with van der Waals surface area (Å²) in [5, 5.41) is 11.8. The lowest BCUT2D eigenvalue weighted by Gasteiger charge is -2.07. The lowest BCUT2D eigenvalue weighted by molar-refractivity contribution is 0.0698. The molecule has 2 aromatic rings. The average Bonchev–Trinajstić information content (AvgIpc) is 2.73. The second kappa shape index (κ2) is 5.42. The number of thiophene rings is 1. The van der Waals surface area contributed by atoms with E-state index in [4.69, 9.17) is 5.11 Å². The predicted octanol–water partition coefficient (Wildman–Crippen LogP) is 3.45. The van der Waals surface area contributed by atoms with E-state index >= 15 is 0 Å². The summed E-state index contributed by atoms with van der Waals surface area (Å²) in [5.41, 5.74) is 0.844. The molecule has 1 amide bonds. The molecule has 1 aromatic carbocycles. The van der Waals surface area contributed by atoms with E-state index in [0.717, 1.165) is 10.9 Å². The third-order valence-electron chi connectivity index (χ3n) is 2.76. The maximum atomic E-state index is 13.2. The molecule has 0 unspecified atom stereocenters. The molecule has 20 heavy (non-hydrogen) atoms. The average molecular weight is 293 g/mol. The number of anilines is 1. The van der Waals surface area contributed by atoms with Crippen LogP contribution in [-0.4, -0.2) is 17.0 Å². The molecule has 0 saturated heterocycles. The molecule has 104 valence electrons. The van der Waals surface area contributed by atoms with Crippen molar-refractivity contribution in [3.63, 3.8) is 0 Å². The summed E-state index contributed by atoms with van der Waals surface area (Å²) in [4.78, 5) is 23.9. The number of carbonyl (C=O) groups excluding carboxylic acids is 1. The standard InChI is InChI=1S/C14H12FNO3S/c1-7-3-4-9(15)6-10(7)12(17)16-13-11(14(18)19)5-8(2)20-13/h3-6H,1-2H3,(H,16,17)(H,18,19). The minimum absolute atomic E-state index is 0.0370. The van der Waals surface area contributed by atoms with Crippen LogP contribution in [0, 0.1) is 19.7 Å². The molecular formula is C14H12FNO3S.